The first kappa shape index (κ1) is 28.0. The van der Waals surface area contributed by atoms with E-state index in [2.05, 4.69) is 43.2 Å². The highest BCUT2D eigenvalue weighted by molar-refractivity contribution is 6.16. The fraction of sp³-hybridized carbons (Fsp3) is 0. The predicted octanol–water partition coefficient (Wildman–Crippen LogP) is 10.6. The topological polar surface area (TPSA) is 73.0 Å². The van der Waals surface area contributed by atoms with Crippen molar-refractivity contribution in [2.75, 3.05) is 0 Å². The van der Waals surface area contributed by atoms with Crippen LogP contribution in [0.5, 0.6) is 11.5 Å². The third kappa shape index (κ3) is 4.50. The molecule has 0 bridgehead atoms. The Hall–Kier alpha value is -7.22. The second-order valence-electron chi connectivity index (χ2n) is 11.7. The minimum Gasteiger partial charge on any atom is -0.458 e. The van der Waals surface area contributed by atoms with Crippen molar-refractivity contribution < 1.29 is 4.74 Å². The summed E-state index contributed by atoms with van der Waals surface area (Å²) in [5, 5.41) is 13.9. The molecule has 7 heteroatoms. The molecular weight excluding hydrogens is 605 g/mol. The summed E-state index contributed by atoms with van der Waals surface area (Å²) < 4.78 is 10.7. The molecule has 0 saturated heterocycles. The number of hydrogen-bond acceptors (Lipinski definition) is 4. The molecule has 0 saturated carbocycles. The van der Waals surface area contributed by atoms with E-state index in [1.807, 2.05) is 109 Å². The van der Waals surface area contributed by atoms with E-state index in [0.29, 0.717) is 22.7 Å². The largest absolute Gasteiger partial charge is 0.458 e. The van der Waals surface area contributed by atoms with Crippen LogP contribution in [0.2, 0.25) is 0 Å². The number of pyridine rings is 2. The molecule has 9 rings (SSSR count). The highest BCUT2D eigenvalue weighted by Gasteiger charge is 2.20. The van der Waals surface area contributed by atoms with Gasteiger partial charge in [-0.2, -0.15) is 5.26 Å². The fourth-order valence-corrected chi connectivity index (χ4v) is 6.85. The van der Waals surface area contributed by atoms with Crippen LogP contribution in [0, 0.1) is 17.9 Å². The SMILES string of the molecule is [C-]#[N+]c1cc(Oc2cc(C#N)c3c4ccccc4n(-c4ccccn4)c3c2)cc2c1c1ccccc1n2-c1ccc(-c2ccccc2)cn1. The quantitative estimate of drug-likeness (QED) is 0.178. The molecule has 7 nitrogen and oxygen atoms in total. The molecule has 0 spiro atoms. The Balaban J connectivity index is 1.23. The summed E-state index contributed by atoms with van der Waals surface area (Å²) >= 11 is 0. The molecule has 0 aliphatic heterocycles. The molecule has 49 heavy (non-hydrogen) atoms. The molecule has 5 aromatic carbocycles. The average molecular weight is 629 g/mol. The molecule has 4 aromatic heterocycles. The summed E-state index contributed by atoms with van der Waals surface area (Å²) in [6.45, 7) is 8.16. The van der Waals surface area contributed by atoms with Gasteiger partial charge in [-0.1, -0.05) is 72.8 Å². The molecule has 0 unspecified atom stereocenters. The Bertz CT molecular complexity index is 2800. The van der Waals surface area contributed by atoms with E-state index in [9.17, 15) is 5.26 Å². The first-order valence-corrected chi connectivity index (χ1v) is 15.7. The number of benzene rings is 5. The number of nitrogens with zero attached hydrogens (tertiary/aromatic N) is 6. The molecule has 0 amide bonds. The van der Waals surface area contributed by atoms with Crippen LogP contribution >= 0.6 is 0 Å². The predicted molar refractivity (Wildman–Crippen MR) is 194 cm³/mol. The van der Waals surface area contributed by atoms with E-state index in [0.717, 1.165) is 66.4 Å². The van der Waals surface area contributed by atoms with Crippen LogP contribution in [0.25, 0.3) is 71.2 Å². The Kier molecular flexibility index (Phi) is 6.43. The smallest absolute Gasteiger partial charge is 0.200 e. The normalized spacial score (nSPS) is 11.2. The average Bonchev–Trinajstić information content (AvgIpc) is 3.68. The first-order chi connectivity index (χ1) is 24.2. The van der Waals surface area contributed by atoms with Gasteiger partial charge in [0.05, 0.1) is 34.8 Å². The molecule has 0 atom stereocenters. The lowest BCUT2D eigenvalue weighted by molar-refractivity contribution is 0.484. The van der Waals surface area contributed by atoms with Crippen LogP contribution in [0.3, 0.4) is 0 Å². The van der Waals surface area contributed by atoms with Gasteiger partial charge >= 0.3 is 0 Å². The lowest BCUT2D eigenvalue weighted by Gasteiger charge is -2.12. The van der Waals surface area contributed by atoms with Gasteiger partial charge < -0.3 is 4.74 Å². The third-order valence-electron chi connectivity index (χ3n) is 8.91. The maximum absolute atomic E-state index is 10.3. The number of para-hydroxylation sites is 2. The van der Waals surface area contributed by atoms with Gasteiger partial charge in [0.2, 0.25) is 5.69 Å². The summed E-state index contributed by atoms with van der Waals surface area (Å²) in [7, 11) is 0. The van der Waals surface area contributed by atoms with E-state index >= 15 is 0 Å². The fourth-order valence-electron chi connectivity index (χ4n) is 6.85. The second-order valence-corrected chi connectivity index (χ2v) is 11.7. The van der Waals surface area contributed by atoms with Crippen LogP contribution in [0.15, 0.2) is 146 Å². The molecule has 0 aliphatic carbocycles. The lowest BCUT2D eigenvalue weighted by atomic mass is 10.1. The van der Waals surface area contributed by atoms with Gasteiger partial charge in [0, 0.05) is 51.8 Å². The molecule has 9 aromatic rings. The Morgan fingerprint density at radius 1 is 0.592 bits per heavy atom. The zero-order valence-corrected chi connectivity index (χ0v) is 25.9. The highest BCUT2D eigenvalue weighted by Crippen LogP contribution is 2.43. The summed E-state index contributed by atoms with van der Waals surface area (Å²) in [4.78, 5) is 13.5. The molecule has 0 fully saturated rings. The maximum Gasteiger partial charge on any atom is 0.200 e. The van der Waals surface area contributed by atoms with Crippen molar-refractivity contribution in [3.63, 3.8) is 0 Å². The van der Waals surface area contributed by atoms with E-state index in [-0.39, 0.29) is 0 Å². The van der Waals surface area contributed by atoms with Crippen molar-refractivity contribution in [3.05, 3.63) is 163 Å². The zero-order valence-electron chi connectivity index (χ0n) is 25.9. The highest BCUT2D eigenvalue weighted by atomic mass is 16.5. The Morgan fingerprint density at radius 3 is 1.88 bits per heavy atom. The summed E-state index contributed by atoms with van der Waals surface area (Å²) in [6.07, 6.45) is 3.63. The van der Waals surface area contributed by atoms with Gasteiger partial charge in [-0.15, -0.1) is 0 Å². The van der Waals surface area contributed by atoms with E-state index in [1.54, 1.807) is 18.3 Å². The molecule has 0 aliphatic rings. The second kappa shape index (κ2) is 11.2. The van der Waals surface area contributed by atoms with E-state index < -0.39 is 0 Å². The van der Waals surface area contributed by atoms with Crippen LogP contribution < -0.4 is 4.74 Å². The van der Waals surface area contributed by atoms with Gasteiger partial charge in [-0.05, 0) is 59.5 Å². The van der Waals surface area contributed by atoms with Crippen LogP contribution in [0.4, 0.5) is 5.69 Å². The summed E-state index contributed by atoms with van der Waals surface area (Å²) in [6, 6.07) is 45.8. The van der Waals surface area contributed by atoms with Gasteiger partial charge in [0.25, 0.3) is 0 Å². The lowest BCUT2D eigenvalue weighted by Crippen LogP contribution is -1.98. The summed E-state index contributed by atoms with van der Waals surface area (Å²) in [5.74, 6) is 2.42. The number of fused-ring (bicyclic) bond motifs is 6. The number of hydrogen-bond donors (Lipinski definition) is 0. The summed E-state index contributed by atoms with van der Waals surface area (Å²) in [5.41, 5.74) is 6.54. The molecular formula is C42H24N6O. The minimum absolute atomic E-state index is 0.465. The number of nitriles is 1. The number of ether oxygens (including phenoxy) is 1. The molecule has 228 valence electrons. The zero-order chi connectivity index (χ0) is 32.9. The van der Waals surface area contributed by atoms with Crippen molar-refractivity contribution in [2.45, 2.75) is 0 Å². The van der Waals surface area contributed by atoms with Crippen molar-refractivity contribution >= 4 is 49.3 Å². The van der Waals surface area contributed by atoms with Crippen molar-refractivity contribution in [2.24, 2.45) is 0 Å². The number of aromatic nitrogens is 4. The van der Waals surface area contributed by atoms with Crippen molar-refractivity contribution in [1.29, 1.82) is 5.26 Å². The molecule has 4 heterocycles. The van der Waals surface area contributed by atoms with Gasteiger partial charge in [0.15, 0.2) is 0 Å². The van der Waals surface area contributed by atoms with E-state index in [1.165, 1.54) is 0 Å². The van der Waals surface area contributed by atoms with Crippen molar-refractivity contribution in [3.8, 4) is 40.3 Å². The number of rotatable bonds is 5. The van der Waals surface area contributed by atoms with Gasteiger partial charge in [-0.25, -0.2) is 14.8 Å². The van der Waals surface area contributed by atoms with Gasteiger partial charge in [0.1, 0.15) is 23.1 Å². The monoisotopic (exact) mass is 628 g/mol. The maximum atomic E-state index is 10.3. The van der Waals surface area contributed by atoms with Gasteiger partial charge in [-0.3, -0.25) is 9.13 Å². The first-order valence-electron chi connectivity index (χ1n) is 15.7. The van der Waals surface area contributed by atoms with Crippen LogP contribution in [-0.4, -0.2) is 19.1 Å². The molecule has 0 N–H and O–H groups in total. The standard InChI is InChI=1S/C42H24N6O/c1-44-34-22-31(49-30-21-29(25-43)41-32-13-5-7-15-35(32)47(37(41)23-30)39-17-9-10-20-45-39)24-38-42(34)33-14-6-8-16-36(33)48(38)40-19-18-28(26-46-40)27-11-3-2-4-12-27/h2-24,26H. The van der Waals surface area contributed by atoms with Crippen molar-refractivity contribution in [1.82, 2.24) is 19.1 Å². The Morgan fingerprint density at radius 2 is 1.22 bits per heavy atom. The Labute approximate surface area is 281 Å². The van der Waals surface area contributed by atoms with Crippen LogP contribution in [-0.2, 0) is 0 Å². The van der Waals surface area contributed by atoms with Crippen LogP contribution in [0.1, 0.15) is 5.56 Å². The third-order valence-corrected chi connectivity index (χ3v) is 8.91. The van der Waals surface area contributed by atoms with E-state index in [4.69, 9.17) is 16.3 Å². The minimum atomic E-state index is 0.465. The molecule has 0 radical (unpaired) electrons.